The third kappa shape index (κ3) is 12.4. The van der Waals surface area contributed by atoms with Gasteiger partial charge in [0.15, 0.2) is 29.5 Å². The number of phenols is 1. The van der Waals surface area contributed by atoms with E-state index in [1.165, 1.54) is 6.92 Å². The number of aromatic hydroxyl groups is 1. The highest BCUT2D eigenvalue weighted by atomic mass is 16.6. The second kappa shape index (κ2) is 22.6. The summed E-state index contributed by atoms with van der Waals surface area (Å²) < 4.78 is 30.1. The van der Waals surface area contributed by atoms with Gasteiger partial charge in [0.25, 0.3) is 0 Å². The van der Waals surface area contributed by atoms with Crippen molar-refractivity contribution in [3.63, 3.8) is 0 Å². The molecule has 1 aromatic rings. The van der Waals surface area contributed by atoms with Gasteiger partial charge in [0.05, 0.1) is 5.92 Å². The Balaban J connectivity index is 1.65. The van der Waals surface area contributed by atoms with Gasteiger partial charge in [-0.15, -0.1) is 0 Å². The second-order valence-electron chi connectivity index (χ2n) is 18.6. The molecule has 16 heteroatoms. The summed E-state index contributed by atoms with van der Waals surface area (Å²) in [6, 6.07) is 3.35. The van der Waals surface area contributed by atoms with E-state index in [0.717, 1.165) is 64.4 Å². The lowest BCUT2D eigenvalue weighted by molar-refractivity contribution is -0.212. The summed E-state index contributed by atoms with van der Waals surface area (Å²) in [5.41, 5.74) is 1.14. The Labute approximate surface area is 383 Å². The Morgan fingerprint density at radius 3 is 2.25 bits per heavy atom. The van der Waals surface area contributed by atoms with Crippen LogP contribution in [-0.4, -0.2) is 105 Å². The molecule has 6 N–H and O–H groups in total. The van der Waals surface area contributed by atoms with Crippen LogP contribution in [0.25, 0.3) is 0 Å². The summed E-state index contributed by atoms with van der Waals surface area (Å²) in [7, 11) is 0. The van der Waals surface area contributed by atoms with Crippen molar-refractivity contribution in [1.29, 1.82) is 0 Å². The van der Waals surface area contributed by atoms with Crippen LogP contribution in [0.1, 0.15) is 149 Å². The highest BCUT2D eigenvalue weighted by Crippen LogP contribution is 2.57. The topological polar surface area (TPSA) is 247 Å². The Kier molecular flexibility index (Phi) is 18.4. The molecular weight excluding hydrogens is 841 g/mol. The number of nitrogens with two attached hydrogens (primary N) is 1. The third-order valence-corrected chi connectivity index (χ3v) is 13.1. The van der Waals surface area contributed by atoms with E-state index in [1.54, 1.807) is 46.8 Å². The van der Waals surface area contributed by atoms with Crippen LogP contribution in [-0.2, 0) is 65.3 Å². The van der Waals surface area contributed by atoms with E-state index in [1.807, 2.05) is 6.07 Å². The first kappa shape index (κ1) is 52.8. The van der Waals surface area contributed by atoms with E-state index in [-0.39, 0.29) is 60.1 Å². The summed E-state index contributed by atoms with van der Waals surface area (Å²) >= 11 is 0. The van der Waals surface area contributed by atoms with Gasteiger partial charge < -0.3 is 50.1 Å². The van der Waals surface area contributed by atoms with E-state index >= 15 is 0 Å². The maximum absolute atomic E-state index is 13.9. The number of phenolic OH excluding ortho intramolecular Hbond substituents is 1. The van der Waals surface area contributed by atoms with Crippen molar-refractivity contribution >= 4 is 35.8 Å². The van der Waals surface area contributed by atoms with Crippen LogP contribution in [0.5, 0.6) is 5.75 Å². The molecule has 9 atom stereocenters. The molecule has 362 valence electrons. The number of unbranched alkanes of at least 4 members (excludes halogenated alkanes) is 6. The summed E-state index contributed by atoms with van der Waals surface area (Å²) in [6.45, 7) is 14.6. The van der Waals surface area contributed by atoms with Gasteiger partial charge >= 0.3 is 29.8 Å². The fourth-order valence-corrected chi connectivity index (χ4v) is 9.42. The van der Waals surface area contributed by atoms with Crippen molar-refractivity contribution < 1.29 is 67.8 Å². The zero-order valence-corrected chi connectivity index (χ0v) is 39.7. The van der Waals surface area contributed by atoms with Crippen LogP contribution in [0.4, 0.5) is 0 Å². The zero-order chi connectivity index (χ0) is 48.4. The van der Waals surface area contributed by atoms with Crippen LogP contribution in [0.3, 0.4) is 0 Å². The number of aliphatic hydroxyl groups is 2. The Morgan fingerprint density at radius 1 is 0.938 bits per heavy atom. The number of carbonyl (C=O) groups excluding carboxylic acids is 6. The van der Waals surface area contributed by atoms with Gasteiger partial charge in [0.2, 0.25) is 5.91 Å². The molecule has 1 aliphatic heterocycles. The molecule has 16 nitrogen and oxygen atoms in total. The number of esters is 5. The predicted octanol–water partition coefficient (Wildman–Crippen LogP) is 5.34. The maximum atomic E-state index is 13.9. The fourth-order valence-electron chi connectivity index (χ4n) is 9.42. The summed E-state index contributed by atoms with van der Waals surface area (Å²) in [4.78, 5) is 79.4. The Hall–Kier alpha value is -4.80. The first-order chi connectivity index (χ1) is 30.5. The number of amides is 1. The van der Waals surface area contributed by atoms with Crippen LogP contribution in [0.15, 0.2) is 34.9 Å². The SMILES string of the molecule is C/C=C(/C)C(=O)O[C@H]1C(C)=C2[C@@H]3OC(=O)[C@@](C)(O)[C@@]3(O)[C@@H](OC(=O)CCc3cc(C)c(O)c(CCCCCNC(=O)CC(C)N)c3)C[C@](C)(OC(C)=O)[C@@H]2[C@@H]1OC(=O)CCCCCCC. The number of carbonyl (C=O) groups is 6. The van der Waals surface area contributed by atoms with Crippen molar-refractivity contribution in [1.82, 2.24) is 5.32 Å². The molecule has 1 heterocycles. The Morgan fingerprint density at radius 2 is 1.60 bits per heavy atom. The number of nitrogens with one attached hydrogen (secondary N) is 1. The number of hydrogen-bond acceptors (Lipinski definition) is 15. The number of allylic oxidation sites excluding steroid dienone is 1. The zero-order valence-electron chi connectivity index (χ0n) is 39.7. The molecule has 0 radical (unpaired) electrons. The minimum absolute atomic E-state index is 0.0375. The van der Waals surface area contributed by atoms with Gasteiger partial charge in [-0.1, -0.05) is 57.2 Å². The first-order valence-corrected chi connectivity index (χ1v) is 23.1. The van der Waals surface area contributed by atoms with Gasteiger partial charge in [-0.25, -0.2) is 9.59 Å². The lowest BCUT2D eigenvalue weighted by Crippen LogP contribution is -2.64. The number of aryl methyl sites for hydroxylation is 3. The first-order valence-electron chi connectivity index (χ1n) is 23.1. The smallest absolute Gasteiger partial charge is 0.341 e. The number of hydrogen-bond donors (Lipinski definition) is 5. The maximum Gasteiger partial charge on any atom is 0.341 e. The Bertz CT molecular complexity index is 1990. The van der Waals surface area contributed by atoms with Crippen LogP contribution < -0.4 is 11.1 Å². The monoisotopic (exact) mass is 912 g/mol. The molecule has 2 aliphatic carbocycles. The van der Waals surface area contributed by atoms with Crippen molar-refractivity contribution in [2.45, 2.75) is 199 Å². The molecule has 0 spiro atoms. The summed E-state index contributed by atoms with van der Waals surface area (Å²) in [5.74, 6) is -5.33. The molecule has 1 aromatic carbocycles. The predicted molar refractivity (Wildman–Crippen MR) is 239 cm³/mol. The summed E-state index contributed by atoms with van der Waals surface area (Å²) in [5, 5.41) is 38.4. The minimum Gasteiger partial charge on any atom is -0.507 e. The van der Waals surface area contributed by atoms with E-state index in [0.29, 0.717) is 30.5 Å². The van der Waals surface area contributed by atoms with E-state index < -0.39 is 83.4 Å². The van der Waals surface area contributed by atoms with Crippen LogP contribution in [0.2, 0.25) is 0 Å². The molecule has 2 fully saturated rings. The van der Waals surface area contributed by atoms with Gasteiger partial charge in [-0.05, 0) is 108 Å². The molecule has 4 rings (SSSR count). The largest absolute Gasteiger partial charge is 0.507 e. The van der Waals surface area contributed by atoms with Gasteiger partial charge in [-0.2, -0.15) is 0 Å². The lowest BCUT2D eigenvalue weighted by atomic mass is 9.75. The van der Waals surface area contributed by atoms with Gasteiger partial charge in [0.1, 0.15) is 17.5 Å². The molecular formula is C49H72N2O14. The lowest BCUT2D eigenvalue weighted by Gasteiger charge is -2.41. The molecule has 0 bridgehead atoms. The summed E-state index contributed by atoms with van der Waals surface area (Å²) in [6.07, 6.45) is 2.23. The minimum atomic E-state index is -2.69. The van der Waals surface area contributed by atoms with Crippen molar-refractivity contribution in [3.05, 3.63) is 51.6 Å². The number of rotatable bonds is 22. The molecule has 1 saturated heterocycles. The van der Waals surface area contributed by atoms with Crippen LogP contribution >= 0.6 is 0 Å². The number of fused-ring (bicyclic) bond motifs is 3. The molecule has 1 unspecified atom stereocenters. The molecule has 0 aromatic heterocycles. The molecule has 1 saturated carbocycles. The average molecular weight is 913 g/mol. The second-order valence-corrected chi connectivity index (χ2v) is 18.6. The van der Waals surface area contributed by atoms with Crippen molar-refractivity contribution in [2.24, 2.45) is 11.7 Å². The highest BCUT2D eigenvalue weighted by molar-refractivity contribution is 5.88. The highest BCUT2D eigenvalue weighted by Gasteiger charge is 2.76. The van der Waals surface area contributed by atoms with Crippen molar-refractivity contribution in [3.8, 4) is 5.75 Å². The molecule has 1 amide bonds. The van der Waals surface area contributed by atoms with Gasteiger partial charge in [-0.3, -0.25) is 19.2 Å². The number of ether oxygens (including phenoxy) is 5. The van der Waals surface area contributed by atoms with Crippen molar-refractivity contribution in [2.75, 3.05) is 6.54 Å². The normalized spacial score (nSPS) is 27.8. The average Bonchev–Trinajstić information content (AvgIpc) is 3.56. The standard InChI is InChI=1S/C49H72N2O14/c1-10-12-13-14-17-20-37(54)62-43-40-39(31(6)42(43)63-45(57)28(3)11-2)44-49(60,48(9,59)46(58)64-44)35(27-47(40,8)65-32(7)52)61-38(55)22-21-33-24-29(4)41(56)34(26-33)19-16-15-18-23-51-36(53)25-30(5)50/h11,24,26,30,35,40,42-44,56,59-60H,10,12-23,25,27,50H2,1-9H3,(H,51,53)/b28-11-/t30?,35-,40-,42-,43-,44-,47-,48+,49+/m0/s1. The van der Waals surface area contributed by atoms with E-state index in [2.05, 4.69) is 12.2 Å². The fraction of sp³-hybridized carbons (Fsp3) is 0.673. The van der Waals surface area contributed by atoms with Crippen LogP contribution in [0, 0.1) is 12.8 Å². The van der Waals surface area contributed by atoms with E-state index in [9.17, 15) is 44.1 Å². The van der Waals surface area contributed by atoms with Gasteiger partial charge in [0, 0.05) is 50.8 Å². The van der Waals surface area contributed by atoms with E-state index in [4.69, 9.17) is 29.4 Å². The molecule has 65 heavy (non-hydrogen) atoms. The number of benzene rings is 1. The molecule has 3 aliphatic rings. The third-order valence-electron chi connectivity index (χ3n) is 13.1. The quantitative estimate of drug-likeness (QED) is 0.0324.